The van der Waals surface area contributed by atoms with E-state index in [-0.39, 0.29) is 0 Å². The van der Waals surface area contributed by atoms with E-state index < -0.39 is 0 Å². The van der Waals surface area contributed by atoms with Crippen molar-refractivity contribution in [3.8, 4) is 0 Å². The normalized spacial score (nSPS) is 30.1. The Balaban J connectivity index is 1.68. The van der Waals surface area contributed by atoms with Crippen LogP contribution in [0.1, 0.15) is 65.7 Å². The monoisotopic (exact) mass is 235 g/mol. The van der Waals surface area contributed by atoms with Gasteiger partial charge in [0.2, 0.25) is 0 Å². The first-order chi connectivity index (χ1) is 7.94. The van der Waals surface area contributed by atoms with Crippen molar-refractivity contribution in [2.75, 3.05) is 0 Å². The highest BCUT2D eigenvalue weighted by atomic mass is 14.9. The Morgan fingerprint density at radius 3 is 2.12 bits per heavy atom. The van der Waals surface area contributed by atoms with Gasteiger partial charge in [-0.2, -0.15) is 0 Å². The molecule has 2 fully saturated rings. The summed E-state index contributed by atoms with van der Waals surface area (Å²) in [6, 6.07) is 0.722. The molecule has 2 aliphatic carbocycles. The summed E-state index contributed by atoms with van der Waals surface area (Å²) in [4.78, 5) is 0. The summed E-state index contributed by atoms with van der Waals surface area (Å²) in [6.45, 7) is 11.3. The van der Waals surface area contributed by atoms with Gasteiger partial charge in [0.25, 0.3) is 0 Å². The number of nitrogens with one attached hydrogen (secondary N) is 1. The first-order valence-corrected chi connectivity index (χ1v) is 7.39. The average molecular weight is 235 g/mol. The first-order valence-electron chi connectivity index (χ1n) is 7.39. The SMILES string of the molecule is C=C(NC1CCC(CC(C)(C)C)CC1)C1CC1. The van der Waals surface area contributed by atoms with Crippen molar-refractivity contribution in [1.82, 2.24) is 5.32 Å². The second kappa shape index (κ2) is 5.04. The lowest BCUT2D eigenvalue weighted by molar-refractivity contribution is 0.219. The van der Waals surface area contributed by atoms with Crippen LogP contribution in [0.3, 0.4) is 0 Å². The van der Waals surface area contributed by atoms with Crippen molar-refractivity contribution in [1.29, 1.82) is 0 Å². The molecule has 0 aliphatic heterocycles. The van der Waals surface area contributed by atoms with Crippen LogP contribution < -0.4 is 5.32 Å². The minimum Gasteiger partial charge on any atom is -0.386 e. The van der Waals surface area contributed by atoms with Gasteiger partial charge in [-0.05, 0) is 62.2 Å². The van der Waals surface area contributed by atoms with Crippen LogP contribution in [0.2, 0.25) is 0 Å². The van der Waals surface area contributed by atoms with Gasteiger partial charge < -0.3 is 5.32 Å². The molecule has 0 radical (unpaired) electrons. The van der Waals surface area contributed by atoms with Crippen molar-refractivity contribution >= 4 is 0 Å². The lowest BCUT2D eigenvalue weighted by atomic mass is 9.76. The topological polar surface area (TPSA) is 12.0 Å². The molecule has 98 valence electrons. The van der Waals surface area contributed by atoms with E-state index >= 15 is 0 Å². The molecule has 0 saturated heterocycles. The molecule has 2 aliphatic rings. The molecule has 0 aromatic carbocycles. The van der Waals surface area contributed by atoms with Crippen molar-refractivity contribution in [2.45, 2.75) is 71.8 Å². The van der Waals surface area contributed by atoms with Crippen LogP contribution in [0.25, 0.3) is 0 Å². The number of allylic oxidation sites excluding steroid dienone is 1. The highest BCUT2D eigenvalue weighted by Crippen LogP contribution is 2.37. The number of hydrogen-bond acceptors (Lipinski definition) is 1. The zero-order valence-electron chi connectivity index (χ0n) is 11.9. The quantitative estimate of drug-likeness (QED) is 0.757. The summed E-state index contributed by atoms with van der Waals surface area (Å²) in [7, 11) is 0. The maximum absolute atomic E-state index is 4.18. The molecule has 0 aromatic heterocycles. The standard InChI is InChI=1S/C16H29N/c1-12(14-7-8-14)17-15-9-5-13(6-10-15)11-16(2,3)4/h13-15,17H,1,5-11H2,2-4H3. The molecule has 1 nitrogen and oxygen atoms in total. The molecule has 0 amide bonds. The Labute approximate surface area is 107 Å². The molecular formula is C16H29N. The summed E-state index contributed by atoms with van der Waals surface area (Å²) >= 11 is 0. The van der Waals surface area contributed by atoms with E-state index in [0.717, 1.165) is 17.9 Å². The first kappa shape index (κ1) is 13.0. The molecule has 2 saturated carbocycles. The summed E-state index contributed by atoms with van der Waals surface area (Å²) in [6.07, 6.45) is 9.65. The maximum Gasteiger partial charge on any atom is 0.0258 e. The fourth-order valence-electron chi connectivity index (χ4n) is 3.19. The largest absolute Gasteiger partial charge is 0.386 e. The smallest absolute Gasteiger partial charge is 0.0258 e. The van der Waals surface area contributed by atoms with Crippen LogP contribution in [0.4, 0.5) is 0 Å². The van der Waals surface area contributed by atoms with Gasteiger partial charge in [-0.25, -0.2) is 0 Å². The summed E-state index contributed by atoms with van der Waals surface area (Å²) in [5.74, 6) is 1.77. The van der Waals surface area contributed by atoms with Gasteiger partial charge in [0.1, 0.15) is 0 Å². The third kappa shape index (κ3) is 4.37. The zero-order chi connectivity index (χ0) is 12.5. The van der Waals surface area contributed by atoms with Gasteiger partial charge in [-0.1, -0.05) is 27.4 Å². The Morgan fingerprint density at radius 2 is 1.65 bits per heavy atom. The van der Waals surface area contributed by atoms with Crippen molar-refractivity contribution in [2.24, 2.45) is 17.3 Å². The lowest BCUT2D eigenvalue weighted by Gasteiger charge is -2.33. The maximum atomic E-state index is 4.18. The molecule has 0 bridgehead atoms. The Hall–Kier alpha value is -0.460. The molecule has 0 aromatic rings. The second-order valence-electron chi connectivity index (χ2n) is 7.43. The molecule has 1 heteroatoms. The summed E-state index contributed by atoms with van der Waals surface area (Å²) in [5, 5.41) is 3.67. The van der Waals surface area contributed by atoms with E-state index in [1.54, 1.807) is 0 Å². The number of rotatable bonds is 4. The Bertz CT molecular complexity index is 262. The van der Waals surface area contributed by atoms with Gasteiger partial charge in [0, 0.05) is 11.7 Å². The van der Waals surface area contributed by atoms with Crippen LogP contribution >= 0.6 is 0 Å². The Morgan fingerprint density at radius 1 is 1.06 bits per heavy atom. The molecule has 17 heavy (non-hydrogen) atoms. The van der Waals surface area contributed by atoms with E-state index in [4.69, 9.17) is 0 Å². The summed E-state index contributed by atoms with van der Waals surface area (Å²) in [5.41, 5.74) is 1.83. The fraction of sp³-hybridized carbons (Fsp3) is 0.875. The molecule has 0 atom stereocenters. The van der Waals surface area contributed by atoms with Crippen LogP contribution in [0.5, 0.6) is 0 Å². The van der Waals surface area contributed by atoms with Gasteiger partial charge in [-0.3, -0.25) is 0 Å². The van der Waals surface area contributed by atoms with E-state index in [2.05, 4.69) is 32.7 Å². The Kier molecular flexibility index (Phi) is 3.85. The van der Waals surface area contributed by atoms with Crippen LogP contribution in [-0.4, -0.2) is 6.04 Å². The lowest BCUT2D eigenvalue weighted by Crippen LogP contribution is -2.33. The van der Waals surface area contributed by atoms with Crippen molar-refractivity contribution < 1.29 is 0 Å². The summed E-state index contributed by atoms with van der Waals surface area (Å²) < 4.78 is 0. The second-order valence-corrected chi connectivity index (χ2v) is 7.43. The van der Waals surface area contributed by atoms with E-state index in [1.165, 1.54) is 50.6 Å². The highest BCUT2D eigenvalue weighted by molar-refractivity contribution is 5.06. The molecule has 0 heterocycles. The third-order valence-corrected chi connectivity index (χ3v) is 4.21. The van der Waals surface area contributed by atoms with Crippen LogP contribution in [0, 0.1) is 17.3 Å². The minimum absolute atomic E-state index is 0.503. The third-order valence-electron chi connectivity index (χ3n) is 4.21. The predicted molar refractivity (Wildman–Crippen MR) is 74.8 cm³/mol. The van der Waals surface area contributed by atoms with E-state index in [0.29, 0.717) is 5.41 Å². The number of hydrogen-bond donors (Lipinski definition) is 1. The van der Waals surface area contributed by atoms with E-state index in [1.807, 2.05) is 0 Å². The molecule has 0 unspecified atom stereocenters. The van der Waals surface area contributed by atoms with Gasteiger partial charge in [0.15, 0.2) is 0 Å². The molecule has 1 N–H and O–H groups in total. The van der Waals surface area contributed by atoms with Gasteiger partial charge >= 0.3 is 0 Å². The minimum atomic E-state index is 0.503. The molecular weight excluding hydrogens is 206 g/mol. The predicted octanol–water partition coefficient (Wildman–Crippen LogP) is 4.49. The zero-order valence-corrected chi connectivity index (χ0v) is 11.9. The van der Waals surface area contributed by atoms with E-state index in [9.17, 15) is 0 Å². The average Bonchev–Trinajstić information content (AvgIpc) is 3.02. The molecule has 0 spiro atoms. The van der Waals surface area contributed by atoms with Crippen LogP contribution in [-0.2, 0) is 0 Å². The van der Waals surface area contributed by atoms with Gasteiger partial charge in [0.05, 0.1) is 0 Å². The van der Waals surface area contributed by atoms with Gasteiger partial charge in [-0.15, -0.1) is 0 Å². The highest BCUT2D eigenvalue weighted by Gasteiger charge is 2.28. The van der Waals surface area contributed by atoms with Crippen molar-refractivity contribution in [3.05, 3.63) is 12.3 Å². The van der Waals surface area contributed by atoms with Crippen LogP contribution in [0.15, 0.2) is 12.3 Å². The fourth-order valence-corrected chi connectivity index (χ4v) is 3.19. The van der Waals surface area contributed by atoms with Crippen molar-refractivity contribution in [3.63, 3.8) is 0 Å². The molecule has 2 rings (SSSR count).